The maximum absolute atomic E-state index is 13.2. The van der Waals surface area contributed by atoms with Crippen LogP contribution in [0.5, 0.6) is 5.75 Å². The van der Waals surface area contributed by atoms with Gasteiger partial charge >= 0.3 is 6.18 Å². The molecule has 2 amide bonds. The average molecular weight is 421 g/mol. The van der Waals surface area contributed by atoms with Crippen LogP contribution in [0.25, 0.3) is 0 Å². The van der Waals surface area contributed by atoms with E-state index >= 15 is 0 Å². The second kappa shape index (κ2) is 8.64. The first-order valence-corrected chi connectivity index (χ1v) is 9.40. The molecule has 1 saturated heterocycles. The number of methoxy groups -OCH3 is 1. The van der Waals surface area contributed by atoms with Gasteiger partial charge in [-0.25, -0.2) is 0 Å². The number of benzene rings is 2. The molecule has 1 aliphatic rings. The van der Waals surface area contributed by atoms with Crippen LogP contribution >= 0.6 is 0 Å². The van der Waals surface area contributed by atoms with Crippen LogP contribution in [0.15, 0.2) is 42.5 Å². The first-order valence-electron chi connectivity index (χ1n) is 9.40. The van der Waals surface area contributed by atoms with Crippen molar-refractivity contribution in [3.63, 3.8) is 0 Å². The Labute approximate surface area is 171 Å². The molecule has 30 heavy (non-hydrogen) atoms. The monoisotopic (exact) mass is 421 g/mol. The number of nitrogens with two attached hydrogens (primary N) is 1. The third-order valence-electron chi connectivity index (χ3n) is 5.16. The van der Waals surface area contributed by atoms with Gasteiger partial charge in [-0.05, 0) is 55.3 Å². The molecule has 0 aromatic heterocycles. The Balaban J connectivity index is 1.88. The summed E-state index contributed by atoms with van der Waals surface area (Å²) in [6, 6.07) is 9.50. The van der Waals surface area contributed by atoms with E-state index in [2.05, 4.69) is 5.32 Å². The molecular formula is C21H22F3N3O3. The number of carbonyl (C=O) groups excluding carboxylic acids is 2. The fourth-order valence-electron chi connectivity index (χ4n) is 3.43. The zero-order valence-corrected chi connectivity index (χ0v) is 16.3. The Hall–Kier alpha value is -3.23. The normalized spacial score (nSPS) is 15.0. The van der Waals surface area contributed by atoms with Crippen molar-refractivity contribution in [1.29, 1.82) is 0 Å². The van der Waals surface area contributed by atoms with Crippen LogP contribution in [0.3, 0.4) is 0 Å². The molecular weight excluding hydrogens is 399 g/mol. The lowest BCUT2D eigenvalue weighted by atomic mass is 9.95. The van der Waals surface area contributed by atoms with Gasteiger partial charge in [0.05, 0.1) is 24.0 Å². The highest BCUT2D eigenvalue weighted by Crippen LogP contribution is 2.37. The number of halogens is 3. The van der Waals surface area contributed by atoms with Gasteiger partial charge in [-0.15, -0.1) is 0 Å². The van der Waals surface area contributed by atoms with E-state index in [9.17, 15) is 22.8 Å². The molecule has 0 unspecified atom stereocenters. The van der Waals surface area contributed by atoms with Gasteiger partial charge in [-0.2, -0.15) is 13.2 Å². The standard InChI is InChI=1S/C21H22F3N3O3/c1-30-16-5-2-14(3-6-16)20(29)26-17-12-15(21(22,23)24)4-7-18(17)27-10-8-13(9-11-27)19(25)28/h2-7,12-13H,8-11H2,1H3,(H2,25,28)(H,26,29). The molecule has 3 N–H and O–H groups in total. The van der Waals surface area contributed by atoms with Gasteiger partial charge in [-0.3, -0.25) is 9.59 Å². The number of primary amides is 1. The lowest BCUT2D eigenvalue weighted by Gasteiger charge is -2.33. The van der Waals surface area contributed by atoms with Crippen molar-refractivity contribution in [2.75, 3.05) is 30.4 Å². The number of carbonyl (C=O) groups is 2. The highest BCUT2D eigenvalue weighted by molar-refractivity contribution is 6.06. The van der Waals surface area contributed by atoms with E-state index in [0.29, 0.717) is 37.4 Å². The fraction of sp³-hybridized carbons (Fsp3) is 0.333. The maximum Gasteiger partial charge on any atom is 0.416 e. The highest BCUT2D eigenvalue weighted by Gasteiger charge is 2.32. The molecule has 1 heterocycles. The number of amides is 2. The summed E-state index contributed by atoms with van der Waals surface area (Å²) in [6.07, 6.45) is -3.54. The predicted molar refractivity (Wildman–Crippen MR) is 107 cm³/mol. The number of anilines is 2. The lowest BCUT2D eigenvalue weighted by Crippen LogP contribution is -2.39. The van der Waals surface area contributed by atoms with E-state index in [4.69, 9.17) is 10.5 Å². The molecule has 2 aromatic rings. The van der Waals surface area contributed by atoms with E-state index < -0.39 is 17.6 Å². The molecule has 160 valence electrons. The van der Waals surface area contributed by atoms with E-state index in [-0.39, 0.29) is 23.1 Å². The third kappa shape index (κ3) is 4.84. The lowest BCUT2D eigenvalue weighted by molar-refractivity contribution is -0.137. The SMILES string of the molecule is COc1ccc(C(=O)Nc2cc(C(F)(F)F)ccc2N2CCC(C(N)=O)CC2)cc1. The molecule has 0 spiro atoms. The van der Waals surface area contributed by atoms with Crippen molar-refractivity contribution in [3.05, 3.63) is 53.6 Å². The minimum atomic E-state index is -4.54. The Kier molecular flexibility index (Phi) is 6.19. The Morgan fingerprint density at radius 3 is 2.27 bits per heavy atom. The summed E-state index contributed by atoms with van der Waals surface area (Å²) in [5.74, 6) is -0.614. The van der Waals surface area contributed by atoms with Crippen molar-refractivity contribution in [2.45, 2.75) is 19.0 Å². The van der Waals surface area contributed by atoms with E-state index in [1.54, 1.807) is 12.1 Å². The van der Waals surface area contributed by atoms with Crippen LogP contribution < -0.4 is 20.7 Å². The van der Waals surface area contributed by atoms with Crippen LogP contribution in [0.4, 0.5) is 24.5 Å². The number of piperidine rings is 1. The van der Waals surface area contributed by atoms with E-state index in [1.807, 2.05) is 4.90 Å². The summed E-state index contributed by atoms with van der Waals surface area (Å²) >= 11 is 0. The van der Waals surface area contributed by atoms with Crippen molar-refractivity contribution in [2.24, 2.45) is 11.7 Å². The van der Waals surface area contributed by atoms with Crippen LogP contribution in [0, 0.1) is 5.92 Å². The molecule has 3 rings (SSSR count). The largest absolute Gasteiger partial charge is 0.497 e. The van der Waals surface area contributed by atoms with Gasteiger partial charge in [0, 0.05) is 24.6 Å². The smallest absolute Gasteiger partial charge is 0.416 e. The van der Waals surface area contributed by atoms with Crippen LogP contribution in [-0.4, -0.2) is 32.0 Å². The quantitative estimate of drug-likeness (QED) is 0.772. The molecule has 0 aliphatic carbocycles. The summed E-state index contributed by atoms with van der Waals surface area (Å²) in [4.78, 5) is 25.9. The predicted octanol–water partition coefficient (Wildman–Crippen LogP) is 3.67. The van der Waals surface area contributed by atoms with Crippen LogP contribution in [0.1, 0.15) is 28.8 Å². The highest BCUT2D eigenvalue weighted by atomic mass is 19.4. The zero-order chi connectivity index (χ0) is 21.9. The van der Waals surface area contributed by atoms with Gasteiger partial charge in [-0.1, -0.05) is 0 Å². The average Bonchev–Trinajstić information content (AvgIpc) is 2.73. The van der Waals surface area contributed by atoms with Gasteiger partial charge in [0.1, 0.15) is 5.75 Å². The molecule has 0 atom stereocenters. The second-order valence-corrected chi connectivity index (χ2v) is 7.08. The topological polar surface area (TPSA) is 84.7 Å². The summed E-state index contributed by atoms with van der Waals surface area (Å²) in [5.41, 5.74) is 5.30. The number of nitrogens with zero attached hydrogens (tertiary/aromatic N) is 1. The molecule has 0 saturated carbocycles. The van der Waals surface area contributed by atoms with Crippen LogP contribution in [0.2, 0.25) is 0 Å². The summed E-state index contributed by atoms with van der Waals surface area (Å²) in [6.45, 7) is 0.898. The van der Waals surface area contributed by atoms with Gasteiger partial charge < -0.3 is 20.7 Å². The van der Waals surface area contributed by atoms with Gasteiger partial charge in [0.25, 0.3) is 5.91 Å². The van der Waals surface area contributed by atoms with Crippen LogP contribution in [-0.2, 0) is 11.0 Å². The number of nitrogens with one attached hydrogen (secondary N) is 1. The van der Waals surface area contributed by atoms with E-state index in [0.717, 1.165) is 12.1 Å². The van der Waals surface area contributed by atoms with Crippen molar-refractivity contribution in [1.82, 2.24) is 0 Å². The summed E-state index contributed by atoms with van der Waals surface area (Å²) in [5, 5.41) is 2.60. The number of alkyl halides is 3. The Morgan fingerprint density at radius 2 is 1.73 bits per heavy atom. The molecule has 0 radical (unpaired) electrons. The molecule has 9 heteroatoms. The van der Waals surface area contributed by atoms with Crippen molar-refractivity contribution in [3.8, 4) is 5.75 Å². The maximum atomic E-state index is 13.2. The summed E-state index contributed by atoms with van der Waals surface area (Å²) in [7, 11) is 1.49. The minimum absolute atomic E-state index is 0.0585. The molecule has 6 nitrogen and oxygen atoms in total. The molecule has 2 aromatic carbocycles. The van der Waals surface area contributed by atoms with E-state index in [1.165, 1.54) is 25.3 Å². The first kappa shape index (κ1) is 21.5. The van der Waals surface area contributed by atoms with Crippen molar-refractivity contribution >= 4 is 23.2 Å². The second-order valence-electron chi connectivity index (χ2n) is 7.08. The Bertz CT molecular complexity index is 921. The third-order valence-corrected chi connectivity index (χ3v) is 5.16. The van der Waals surface area contributed by atoms with Gasteiger partial charge in [0.15, 0.2) is 0 Å². The number of ether oxygens (including phenoxy) is 1. The zero-order valence-electron chi connectivity index (χ0n) is 16.3. The minimum Gasteiger partial charge on any atom is -0.497 e. The Morgan fingerprint density at radius 1 is 1.10 bits per heavy atom. The first-order chi connectivity index (χ1) is 14.2. The van der Waals surface area contributed by atoms with Crippen molar-refractivity contribution < 1.29 is 27.5 Å². The number of hydrogen-bond acceptors (Lipinski definition) is 4. The molecule has 1 fully saturated rings. The molecule has 0 bridgehead atoms. The summed E-state index contributed by atoms with van der Waals surface area (Å²) < 4.78 is 44.8. The number of rotatable bonds is 5. The van der Waals surface area contributed by atoms with Gasteiger partial charge in [0.2, 0.25) is 5.91 Å². The molecule has 1 aliphatic heterocycles. The number of hydrogen-bond donors (Lipinski definition) is 2. The fourth-order valence-corrected chi connectivity index (χ4v) is 3.43.